The zero-order chi connectivity index (χ0) is 16.2. The molecule has 1 aliphatic heterocycles. The number of hydrogen-bond acceptors (Lipinski definition) is 4. The highest BCUT2D eigenvalue weighted by Crippen LogP contribution is 2.31. The van der Waals surface area contributed by atoms with Crippen LogP contribution in [0.4, 0.5) is 0 Å². The molecular weight excluding hydrogens is 286 g/mol. The molecule has 1 fully saturated rings. The number of carboxylic acids is 1. The van der Waals surface area contributed by atoms with Crippen molar-refractivity contribution in [3.8, 4) is 5.75 Å². The Balaban J connectivity index is 2.20. The average Bonchev–Trinajstić information content (AvgIpc) is 2.54. The van der Waals surface area contributed by atoms with Gasteiger partial charge in [0.05, 0.1) is 13.7 Å². The quantitative estimate of drug-likeness (QED) is 0.895. The highest BCUT2D eigenvalue weighted by atomic mass is 16.5. The number of likely N-dealkylation sites (tertiary alicyclic amines) is 1. The van der Waals surface area contributed by atoms with Gasteiger partial charge in [0.1, 0.15) is 11.2 Å². The average molecular weight is 307 g/mol. The Bertz CT molecular complexity index is 555. The molecule has 2 rings (SSSR count). The maximum atomic E-state index is 12.6. The molecule has 0 aromatic heterocycles. The molecule has 0 spiro atoms. The van der Waals surface area contributed by atoms with Gasteiger partial charge in [-0.05, 0) is 31.0 Å². The van der Waals surface area contributed by atoms with Crippen LogP contribution in [0.1, 0.15) is 23.2 Å². The van der Waals surface area contributed by atoms with E-state index >= 15 is 0 Å². The second kappa shape index (κ2) is 6.79. The predicted octanol–water partition coefficient (Wildman–Crippen LogP) is 1.65. The number of carboxylic acid groups (broad SMARTS) is 1. The minimum absolute atomic E-state index is 0.101. The first-order chi connectivity index (χ1) is 10.5. The number of amides is 1. The molecule has 1 atom stereocenters. The minimum atomic E-state index is -1.03. The lowest BCUT2D eigenvalue weighted by atomic mass is 9.80. The van der Waals surface area contributed by atoms with Crippen LogP contribution in [0.5, 0.6) is 5.75 Å². The van der Waals surface area contributed by atoms with Crippen LogP contribution >= 0.6 is 0 Å². The van der Waals surface area contributed by atoms with Gasteiger partial charge in [-0.15, -0.1) is 0 Å². The summed E-state index contributed by atoms with van der Waals surface area (Å²) in [6, 6.07) is 6.88. The van der Waals surface area contributed by atoms with Gasteiger partial charge in [0.25, 0.3) is 5.91 Å². The van der Waals surface area contributed by atoms with E-state index in [2.05, 4.69) is 0 Å². The normalized spacial score (nSPS) is 21.5. The van der Waals surface area contributed by atoms with Crippen molar-refractivity contribution in [3.05, 3.63) is 29.8 Å². The number of methoxy groups -OCH3 is 2. The SMILES string of the molecule is COCC1(C(=O)O)CCCN(C(=O)c2cccc(OC)c2)C1. The van der Waals surface area contributed by atoms with E-state index < -0.39 is 11.4 Å². The molecule has 0 saturated carbocycles. The van der Waals surface area contributed by atoms with Crippen molar-refractivity contribution in [3.63, 3.8) is 0 Å². The monoisotopic (exact) mass is 307 g/mol. The molecule has 6 heteroatoms. The minimum Gasteiger partial charge on any atom is -0.497 e. The largest absolute Gasteiger partial charge is 0.497 e. The third-order valence-electron chi connectivity index (χ3n) is 4.06. The number of carbonyl (C=O) groups excluding carboxylic acids is 1. The molecule has 1 unspecified atom stereocenters. The maximum absolute atomic E-state index is 12.6. The molecule has 22 heavy (non-hydrogen) atoms. The van der Waals surface area contributed by atoms with Crippen LogP contribution < -0.4 is 4.74 Å². The summed E-state index contributed by atoms with van der Waals surface area (Å²) in [6.45, 7) is 0.811. The van der Waals surface area contributed by atoms with Gasteiger partial charge in [-0.2, -0.15) is 0 Å². The van der Waals surface area contributed by atoms with Crippen LogP contribution in [0.2, 0.25) is 0 Å². The first-order valence-corrected chi connectivity index (χ1v) is 7.18. The predicted molar refractivity (Wildman–Crippen MR) is 80.1 cm³/mol. The van der Waals surface area contributed by atoms with Crippen LogP contribution in [0.3, 0.4) is 0 Å². The van der Waals surface area contributed by atoms with Crippen LogP contribution in [-0.2, 0) is 9.53 Å². The van der Waals surface area contributed by atoms with Gasteiger partial charge in [-0.3, -0.25) is 9.59 Å². The number of carbonyl (C=O) groups is 2. The Hall–Kier alpha value is -2.08. The van der Waals surface area contributed by atoms with E-state index in [4.69, 9.17) is 9.47 Å². The Kier molecular flexibility index (Phi) is 5.03. The van der Waals surface area contributed by atoms with Gasteiger partial charge in [0.2, 0.25) is 0 Å². The van der Waals surface area contributed by atoms with E-state index in [0.717, 1.165) is 0 Å². The van der Waals surface area contributed by atoms with Gasteiger partial charge >= 0.3 is 5.97 Å². The van der Waals surface area contributed by atoms with E-state index in [1.165, 1.54) is 7.11 Å². The molecule has 0 aliphatic carbocycles. The summed E-state index contributed by atoms with van der Waals surface area (Å²) >= 11 is 0. The van der Waals surface area contributed by atoms with Gasteiger partial charge in [0.15, 0.2) is 0 Å². The first kappa shape index (κ1) is 16.3. The number of nitrogens with zero attached hydrogens (tertiary/aromatic N) is 1. The van der Waals surface area contributed by atoms with E-state index in [-0.39, 0.29) is 19.1 Å². The molecule has 0 bridgehead atoms. The molecule has 6 nitrogen and oxygen atoms in total. The zero-order valence-electron chi connectivity index (χ0n) is 12.9. The van der Waals surface area contributed by atoms with E-state index in [1.807, 2.05) is 0 Å². The van der Waals surface area contributed by atoms with Crippen molar-refractivity contribution in [2.45, 2.75) is 12.8 Å². The summed E-state index contributed by atoms with van der Waals surface area (Å²) < 4.78 is 10.2. The molecule has 0 radical (unpaired) electrons. The fraction of sp³-hybridized carbons (Fsp3) is 0.500. The van der Waals surface area contributed by atoms with Gasteiger partial charge in [-0.25, -0.2) is 0 Å². The van der Waals surface area contributed by atoms with Gasteiger partial charge in [0, 0.05) is 25.8 Å². The molecule has 1 N–H and O–H groups in total. The van der Waals surface area contributed by atoms with Crippen LogP contribution in [0.25, 0.3) is 0 Å². The second-order valence-corrected chi connectivity index (χ2v) is 5.58. The summed E-state index contributed by atoms with van der Waals surface area (Å²) in [4.78, 5) is 25.8. The van der Waals surface area contributed by atoms with Crippen molar-refractivity contribution < 1.29 is 24.2 Å². The smallest absolute Gasteiger partial charge is 0.313 e. The molecule has 1 amide bonds. The van der Waals surface area contributed by atoms with Crippen LogP contribution in [0.15, 0.2) is 24.3 Å². The van der Waals surface area contributed by atoms with E-state index in [9.17, 15) is 14.7 Å². The molecule has 120 valence electrons. The Morgan fingerprint density at radius 1 is 1.36 bits per heavy atom. The van der Waals surface area contributed by atoms with Gasteiger partial charge < -0.3 is 19.5 Å². The van der Waals surface area contributed by atoms with Crippen molar-refractivity contribution in [1.82, 2.24) is 4.90 Å². The summed E-state index contributed by atoms with van der Waals surface area (Å²) in [7, 11) is 3.02. The Morgan fingerprint density at radius 3 is 2.77 bits per heavy atom. The van der Waals surface area contributed by atoms with Crippen LogP contribution in [0, 0.1) is 5.41 Å². The molecule has 1 aromatic rings. The second-order valence-electron chi connectivity index (χ2n) is 5.58. The highest BCUT2D eigenvalue weighted by molar-refractivity contribution is 5.95. The lowest BCUT2D eigenvalue weighted by molar-refractivity contribution is -0.155. The molecule has 1 aromatic carbocycles. The Morgan fingerprint density at radius 2 is 2.14 bits per heavy atom. The summed E-state index contributed by atoms with van der Waals surface area (Å²) in [6.07, 6.45) is 1.16. The molecule has 1 aliphatic rings. The van der Waals surface area contributed by atoms with Gasteiger partial charge in [-0.1, -0.05) is 6.07 Å². The zero-order valence-corrected chi connectivity index (χ0v) is 12.9. The van der Waals surface area contributed by atoms with Crippen molar-refractivity contribution in [2.75, 3.05) is 33.9 Å². The number of ether oxygens (including phenoxy) is 2. The molecular formula is C16H21NO5. The fourth-order valence-electron chi connectivity index (χ4n) is 2.87. The Labute approximate surface area is 129 Å². The first-order valence-electron chi connectivity index (χ1n) is 7.18. The van der Waals surface area contributed by atoms with Crippen LogP contribution in [-0.4, -0.2) is 55.8 Å². The number of rotatable bonds is 5. The number of piperidine rings is 1. The lowest BCUT2D eigenvalue weighted by Crippen LogP contribution is -2.52. The molecule has 1 heterocycles. The number of aliphatic carboxylic acids is 1. The number of benzene rings is 1. The summed E-state index contributed by atoms with van der Waals surface area (Å²) in [5.41, 5.74) is -0.528. The number of hydrogen-bond donors (Lipinski definition) is 1. The third kappa shape index (κ3) is 3.22. The molecule has 1 saturated heterocycles. The van der Waals surface area contributed by atoms with Crippen molar-refractivity contribution >= 4 is 11.9 Å². The van der Waals surface area contributed by atoms with E-state index in [1.54, 1.807) is 36.3 Å². The maximum Gasteiger partial charge on any atom is 0.313 e. The van der Waals surface area contributed by atoms with Crippen molar-refractivity contribution in [2.24, 2.45) is 5.41 Å². The van der Waals surface area contributed by atoms with E-state index in [0.29, 0.717) is 30.7 Å². The third-order valence-corrected chi connectivity index (χ3v) is 4.06. The fourth-order valence-corrected chi connectivity index (χ4v) is 2.87. The highest BCUT2D eigenvalue weighted by Gasteiger charge is 2.44. The topological polar surface area (TPSA) is 76.1 Å². The summed E-state index contributed by atoms with van der Waals surface area (Å²) in [5.74, 6) is -0.498. The standard InChI is InChI=1S/C16H21NO5/c1-21-11-16(15(19)20)7-4-8-17(10-16)14(18)12-5-3-6-13(9-12)22-2/h3,5-6,9H,4,7-8,10-11H2,1-2H3,(H,19,20). The van der Waals surface area contributed by atoms with Crippen molar-refractivity contribution in [1.29, 1.82) is 0 Å². The summed E-state index contributed by atoms with van der Waals surface area (Å²) in [5, 5.41) is 9.53. The lowest BCUT2D eigenvalue weighted by Gasteiger charge is -2.39.